The second-order valence-electron chi connectivity index (χ2n) is 10.6. The molecule has 1 atom stereocenters. The molecule has 6 rings (SSSR count). The fourth-order valence-corrected chi connectivity index (χ4v) is 8.04. The number of ether oxygens (including phenoxy) is 1. The molecule has 1 aliphatic carbocycles. The minimum Gasteiger partial charge on any atom is -0.493 e. The molecule has 0 bridgehead atoms. The Morgan fingerprint density at radius 3 is 2.63 bits per heavy atom. The van der Waals surface area contributed by atoms with Gasteiger partial charge in [-0.3, -0.25) is 0 Å². The van der Waals surface area contributed by atoms with E-state index in [-0.39, 0.29) is 29.3 Å². The third kappa shape index (κ3) is 5.24. The number of sulfonamides is 1. The van der Waals surface area contributed by atoms with Crippen molar-refractivity contribution in [2.75, 3.05) is 25.4 Å². The van der Waals surface area contributed by atoms with Gasteiger partial charge >= 0.3 is 0 Å². The molecule has 0 amide bonds. The predicted molar refractivity (Wildman–Crippen MR) is 144 cm³/mol. The van der Waals surface area contributed by atoms with Crippen LogP contribution in [0.15, 0.2) is 49.1 Å². The first-order valence-electron chi connectivity index (χ1n) is 13.4. The van der Waals surface area contributed by atoms with Crippen molar-refractivity contribution in [1.82, 2.24) is 24.2 Å². The van der Waals surface area contributed by atoms with Gasteiger partial charge in [0.05, 0.1) is 29.8 Å². The lowest BCUT2D eigenvalue weighted by Gasteiger charge is -2.34. The van der Waals surface area contributed by atoms with E-state index >= 15 is 0 Å². The third-order valence-corrected chi connectivity index (χ3v) is 10.1. The van der Waals surface area contributed by atoms with Crippen LogP contribution in [0.3, 0.4) is 0 Å². The van der Waals surface area contributed by atoms with Gasteiger partial charge in [0, 0.05) is 41.9 Å². The topological polar surface area (TPSA) is 101 Å². The lowest BCUT2D eigenvalue weighted by Crippen LogP contribution is -2.43. The number of nitrogens with one attached hydrogen (secondary N) is 1. The lowest BCUT2D eigenvalue weighted by atomic mass is 9.80. The first-order valence-corrected chi connectivity index (χ1v) is 15.0. The van der Waals surface area contributed by atoms with Gasteiger partial charge < -0.3 is 9.72 Å². The zero-order chi connectivity index (χ0) is 26.1. The molecule has 1 aromatic carbocycles. The summed E-state index contributed by atoms with van der Waals surface area (Å²) in [5.41, 5.74) is 2.72. The van der Waals surface area contributed by atoms with Crippen LogP contribution >= 0.6 is 0 Å². The van der Waals surface area contributed by atoms with Crippen LogP contribution in [-0.2, 0) is 10.0 Å². The van der Waals surface area contributed by atoms with Gasteiger partial charge in [-0.1, -0.05) is 0 Å². The van der Waals surface area contributed by atoms with Crippen molar-refractivity contribution in [3.8, 4) is 5.75 Å². The summed E-state index contributed by atoms with van der Waals surface area (Å²) >= 11 is 0. The van der Waals surface area contributed by atoms with E-state index in [0.29, 0.717) is 25.4 Å². The van der Waals surface area contributed by atoms with Crippen LogP contribution in [0.4, 0.5) is 4.39 Å². The van der Waals surface area contributed by atoms with Gasteiger partial charge in [0.15, 0.2) is 0 Å². The van der Waals surface area contributed by atoms with Crippen LogP contribution in [0.5, 0.6) is 5.75 Å². The first kappa shape index (κ1) is 25.2. The Hall–Kier alpha value is -3.11. The Balaban J connectivity index is 1.07. The number of rotatable bonds is 7. The molecule has 1 N–H and O–H groups in total. The molecule has 1 saturated heterocycles. The van der Waals surface area contributed by atoms with Gasteiger partial charge in [-0.25, -0.2) is 32.1 Å². The van der Waals surface area contributed by atoms with E-state index in [1.54, 1.807) is 29.0 Å². The number of benzene rings is 1. The van der Waals surface area contributed by atoms with Crippen LogP contribution in [0.25, 0.3) is 21.9 Å². The van der Waals surface area contributed by atoms with Gasteiger partial charge in [-0.05, 0) is 74.8 Å². The van der Waals surface area contributed by atoms with E-state index in [9.17, 15) is 12.8 Å². The summed E-state index contributed by atoms with van der Waals surface area (Å²) in [6, 6.07) is 7.96. The predicted octanol–water partition coefficient (Wildman–Crippen LogP) is 5.04. The van der Waals surface area contributed by atoms with Crippen molar-refractivity contribution in [2.45, 2.75) is 44.4 Å². The zero-order valence-corrected chi connectivity index (χ0v) is 22.0. The quantitative estimate of drug-likeness (QED) is 0.355. The molecule has 1 saturated carbocycles. The number of aromatic amines is 1. The second-order valence-corrected chi connectivity index (χ2v) is 12.7. The second kappa shape index (κ2) is 10.6. The summed E-state index contributed by atoms with van der Waals surface area (Å²) in [6.45, 7) is 1.48. The van der Waals surface area contributed by atoms with E-state index in [1.165, 1.54) is 12.1 Å². The highest BCUT2D eigenvalue weighted by Crippen LogP contribution is 2.39. The third-order valence-electron chi connectivity index (χ3n) is 8.07. The van der Waals surface area contributed by atoms with Gasteiger partial charge in [0.25, 0.3) is 0 Å². The summed E-state index contributed by atoms with van der Waals surface area (Å²) in [5, 5.41) is 2.09. The maximum Gasteiger partial charge on any atom is 0.214 e. The maximum absolute atomic E-state index is 13.4. The monoisotopic (exact) mass is 537 g/mol. The number of fused-ring (bicyclic) bond motifs is 3. The Bertz CT molecular complexity index is 1520. The maximum atomic E-state index is 13.4. The van der Waals surface area contributed by atoms with Crippen molar-refractivity contribution < 1.29 is 17.5 Å². The van der Waals surface area contributed by atoms with Gasteiger partial charge in [0.2, 0.25) is 10.0 Å². The van der Waals surface area contributed by atoms with E-state index < -0.39 is 10.0 Å². The number of H-pyrrole nitrogens is 1. The van der Waals surface area contributed by atoms with Gasteiger partial charge in [-0.2, -0.15) is 0 Å². The number of hydrogen-bond acceptors (Lipinski definition) is 6. The van der Waals surface area contributed by atoms with Crippen molar-refractivity contribution in [3.05, 3.63) is 60.6 Å². The van der Waals surface area contributed by atoms with E-state index in [4.69, 9.17) is 4.74 Å². The molecule has 1 aliphatic heterocycles. The zero-order valence-electron chi connectivity index (χ0n) is 21.2. The average molecular weight is 538 g/mol. The average Bonchev–Trinajstić information content (AvgIpc) is 3.42. The van der Waals surface area contributed by atoms with Crippen molar-refractivity contribution >= 4 is 32.0 Å². The van der Waals surface area contributed by atoms with Crippen LogP contribution in [-0.4, -0.2) is 58.1 Å². The molecular formula is C28H32FN5O3S. The lowest BCUT2D eigenvalue weighted by molar-refractivity contribution is 0.179. The Kier molecular flexibility index (Phi) is 7.01. The number of nitrogens with zero attached hydrogens (tertiary/aromatic N) is 4. The summed E-state index contributed by atoms with van der Waals surface area (Å²) in [5.74, 6) is 1.05. The summed E-state index contributed by atoms with van der Waals surface area (Å²) < 4.78 is 47.3. The molecule has 2 aliphatic rings. The number of hydrogen-bond donors (Lipinski definition) is 1. The Morgan fingerprint density at radius 2 is 1.82 bits per heavy atom. The summed E-state index contributed by atoms with van der Waals surface area (Å²) in [7, 11) is -3.35. The number of halogens is 1. The molecule has 4 aromatic rings. The molecule has 200 valence electrons. The van der Waals surface area contributed by atoms with Crippen LogP contribution in [0.1, 0.15) is 50.1 Å². The highest BCUT2D eigenvalue weighted by atomic mass is 32.2. The summed E-state index contributed by atoms with van der Waals surface area (Å²) in [4.78, 5) is 16.7. The van der Waals surface area contributed by atoms with Gasteiger partial charge in [-0.15, -0.1) is 0 Å². The SMILES string of the molecule is O=S(=O)(CC1CCC(c2ncnc3cnc4[nH]ccc4c23)CC1)N1CCCC(COc2ccc(F)cc2)C1. The highest BCUT2D eigenvalue weighted by molar-refractivity contribution is 7.89. The Morgan fingerprint density at radius 1 is 1.00 bits per heavy atom. The van der Waals surface area contributed by atoms with Gasteiger partial charge in [0.1, 0.15) is 23.5 Å². The fraction of sp³-hybridized carbons (Fsp3) is 0.464. The molecule has 0 radical (unpaired) electrons. The minimum absolute atomic E-state index is 0.130. The van der Waals surface area contributed by atoms with Crippen molar-refractivity contribution in [2.24, 2.45) is 11.8 Å². The van der Waals surface area contributed by atoms with Crippen LogP contribution in [0, 0.1) is 17.7 Å². The molecule has 0 spiro atoms. The molecule has 8 nitrogen and oxygen atoms in total. The number of pyridine rings is 1. The summed E-state index contributed by atoms with van der Waals surface area (Å²) in [6.07, 6.45) is 10.6. The van der Waals surface area contributed by atoms with Crippen LogP contribution < -0.4 is 4.74 Å². The normalized spacial score (nSPS) is 23.1. The molecule has 4 heterocycles. The molecular weight excluding hydrogens is 505 g/mol. The van der Waals surface area contributed by atoms with E-state index in [2.05, 4.69) is 19.9 Å². The molecule has 3 aromatic heterocycles. The van der Waals surface area contributed by atoms with Crippen LogP contribution in [0.2, 0.25) is 0 Å². The molecule has 1 unspecified atom stereocenters. The van der Waals surface area contributed by atoms with Crippen molar-refractivity contribution in [3.63, 3.8) is 0 Å². The minimum atomic E-state index is -3.35. The van der Waals surface area contributed by atoms with E-state index in [0.717, 1.165) is 66.2 Å². The standard InChI is InChI=1S/C28H32FN5O3S/c29-22-7-9-23(10-8-22)37-16-20-2-1-13-34(15-20)38(35,36)17-19-3-5-21(6-4-19)27-26-24-11-12-30-28(24)31-14-25(26)32-18-33-27/h7-12,14,18-21H,1-6,13,15-17H2,(H,30,31). The largest absolute Gasteiger partial charge is 0.493 e. The first-order chi connectivity index (χ1) is 18.5. The van der Waals surface area contributed by atoms with E-state index in [1.807, 2.05) is 12.3 Å². The molecule has 2 fully saturated rings. The Labute approximate surface area is 221 Å². The van der Waals surface area contributed by atoms with Crippen molar-refractivity contribution in [1.29, 1.82) is 0 Å². The highest BCUT2D eigenvalue weighted by Gasteiger charge is 2.33. The molecule has 10 heteroatoms. The number of aromatic nitrogens is 4. The fourth-order valence-electron chi connectivity index (χ4n) is 6.06. The molecule has 38 heavy (non-hydrogen) atoms. The smallest absolute Gasteiger partial charge is 0.214 e. The number of piperidine rings is 1.